The number of nitrogens with one attached hydrogen (secondary N) is 1. The van der Waals surface area contributed by atoms with Crippen LogP contribution in [0.2, 0.25) is 5.02 Å². The quantitative estimate of drug-likeness (QED) is 0.436. The fourth-order valence-electron chi connectivity index (χ4n) is 4.04. The minimum absolute atomic E-state index is 0.00257. The Morgan fingerprint density at radius 3 is 2.74 bits per heavy atom. The van der Waals surface area contributed by atoms with Gasteiger partial charge in [-0.3, -0.25) is 4.79 Å². The van der Waals surface area contributed by atoms with Crippen molar-refractivity contribution in [1.82, 2.24) is 4.31 Å². The summed E-state index contributed by atoms with van der Waals surface area (Å²) in [6, 6.07) is 11.6. The van der Waals surface area contributed by atoms with Gasteiger partial charge in [-0.05, 0) is 67.6 Å². The van der Waals surface area contributed by atoms with Gasteiger partial charge in [0.2, 0.25) is 15.9 Å². The molecule has 0 radical (unpaired) electrons. The lowest BCUT2D eigenvalue weighted by Gasteiger charge is -2.31. The number of piperidine rings is 1. The lowest BCUT2D eigenvalue weighted by molar-refractivity contribution is -0.120. The van der Waals surface area contributed by atoms with E-state index in [4.69, 9.17) is 21.1 Å². The van der Waals surface area contributed by atoms with Crippen molar-refractivity contribution in [3.05, 3.63) is 52.4 Å². The summed E-state index contributed by atoms with van der Waals surface area (Å²) in [5.41, 5.74) is 0.574. The molecule has 0 aliphatic carbocycles. The second-order valence-corrected chi connectivity index (χ2v) is 11.5. The molecule has 1 aliphatic rings. The lowest BCUT2D eigenvalue weighted by atomic mass is 9.98. The number of hydrogen-bond donors (Lipinski definition) is 1. The van der Waals surface area contributed by atoms with Crippen LogP contribution in [-0.2, 0) is 19.6 Å². The molecule has 1 aromatic heterocycles. The maximum absolute atomic E-state index is 13.4. The van der Waals surface area contributed by atoms with Gasteiger partial charge >= 0.3 is 5.97 Å². The number of fused-ring (bicyclic) bond motifs is 1. The summed E-state index contributed by atoms with van der Waals surface area (Å²) in [5.74, 6) is -0.952. The van der Waals surface area contributed by atoms with E-state index < -0.39 is 21.9 Å². The second kappa shape index (κ2) is 10.5. The van der Waals surface area contributed by atoms with Crippen LogP contribution in [-0.4, -0.2) is 51.4 Å². The Labute approximate surface area is 212 Å². The molecule has 8 nitrogen and oxygen atoms in total. The van der Waals surface area contributed by atoms with Crippen LogP contribution in [0.25, 0.3) is 10.1 Å². The number of methoxy groups -OCH3 is 1. The fourth-order valence-corrected chi connectivity index (χ4v) is 6.92. The highest BCUT2D eigenvalue weighted by Gasteiger charge is 2.35. The van der Waals surface area contributed by atoms with Crippen LogP contribution in [0.4, 0.5) is 5.69 Å². The number of sulfonamides is 1. The molecule has 3 aromatic rings. The van der Waals surface area contributed by atoms with E-state index in [1.54, 1.807) is 37.3 Å². The molecular formula is C24H25ClN2O6S2. The van der Waals surface area contributed by atoms with E-state index in [1.807, 2.05) is 6.07 Å². The molecule has 1 saturated heterocycles. The van der Waals surface area contributed by atoms with Crippen molar-refractivity contribution in [3.63, 3.8) is 0 Å². The maximum atomic E-state index is 13.4. The molecule has 0 spiro atoms. The van der Waals surface area contributed by atoms with Crippen molar-refractivity contribution < 1.29 is 27.5 Å². The number of ether oxygens (including phenoxy) is 2. The SMILES string of the molecule is CCOc1ccc(Cl)cc1S(=O)(=O)N1CCC[C@H](C(=O)Nc2ccc3sc(C(=O)OC)cc3c2)C1. The first-order valence-corrected chi connectivity index (χ1v) is 13.7. The maximum Gasteiger partial charge on any atom is 0.348 e. The summed E-state index contributed by atoms with van der Waals surface area (Å²) < 4.78 is 39.3. The first-order valence-electron chi connectivity index (χ1n) is 11.1. The van der Waals surface area contributed by atoms with Crippen LogP contribution < -0.4 is 10.1 Å². The molecule has 1 amide bonds. The van der Waals surface area contributed by atoms with Crippen LogP contribution in [0.5, 0.6) is 5.75 Å². The Kier molecular flexibility index (Phi) is 7.65. The predicted molar refractivity (Wildman–Crippen MR) is 136 cm³/mol. The van der Waals surface area contributed by atoms with E-state index >= 15 is 0 Å². The number of carbonyl (C=O) groups excluding carboxylic acids is 2. The number of hydrogen-bond acceptors (Lipinski definition) is 7. The molecule has 186 valence electrons. The van der Waals surface area contributed by atoms with Gasteiger partial charge in [0.15, 0.2) is 0 Å². The zero-order valence-corrected chi connectivity index (χ0v) is 21.6. The number of carbonyl (C=O) groups is 2. The molecular weight excluding hydrogens is 512 g/mol. The van der Waals surface area contributed by atoms with Crippen LogP contribution >= 0.6 is 22.9 Å². The molecule has 1 atom stereocenters. The highest BCUT2D eigenvalue weighted by atomic mass is 35.5. The third-order valence-electron chi connectivity index (χ3n) is 5.75. The fraction of sp³-hybridized carbons (Fsp3) is 0.333. The highest BCUT2D eigenvalue weighted by Crippen LogP contribution is 2.33. The average Bonchev–Trinajstić information content (AvgIpc) is 3.28. The van der Waals surface area contributed by atoms with Gasteiger partial charge in [0.05, 0.1) is 19.6 Å². The zero-order chi connectivity index (χ0) is 25.2. The topological polar surface area (TPSA) is 102 Å². The standard InChI is InChI=1S/C24H25ClN2O6S2/c1-3-33-19-8-6-17(25)13-22(19)35(30,31)27-10-4-5-15(14-27)23(28)26-18-7-9-20-16(11-18)12-21(34-20)24(29)32-2/h6-9,11-13,15H,3-5,10,14H2,1-2H3,(H,26,28)/t15-/m0/s1. The minimum Gasteiger partial charge on any atom is -0.492 e. The van der Waals surface area contributed by atoms with Crippen molar-refractivity contribution in [2.75, 3.05) is 32.1 Å². The summed E-state index contributed by atoms with van der Waals surface area (Å²) in [4.78, 5) is 25.3. The normalized spacial score (nSPS) is 16.7. The third kappa shape index (κ3) is 5.45. The summed E-state index contributed by atoms with van der Waals surface area (Å²) in [6.45, 7) is 2.45. The van der Waals surface area contributed by atoms with E-state index in [9.17, 15) is 18.0 Å². The number of anilines is 1. The van der Waals surface area contributed by atoms with E-state index in [1.165, 1.54) is 28.8 Å². The molecule has 0 unspecified atom stereocenters. The van der Waals surface area contributed by atoms with Crippen molar-refractivity contribution in [2.24, 2.45) is 5.92 Å². The monoisotopic (exact) mass is 536 g/mol. The zero-order valence-electron chi connectivity index (χ0n) is 19.2. The molecule has 2 heterocycles. The molecule has 1 aliphatic heterocycles. The van der Waals surface area contributed by atoms with Gasteiger partial charge in [0.1, 0.15) is 15.5 Å². The van der Waals surface area contributed by atoms with Gasteiger partial charge in [-0.25, -0.2) is 13.2 Å². The summed E-state index contributed by atoms with van der Waals surface area (Å²) in [7, 11) is -2.58. The lowest BCUT2D eigenvalue weighted by Crippen LogP contribution is -2.43. The van der Waals surface area contributed by atoms with E-state index in [0.29, 0.717) is 36.6 Å². The van der Waals surface area contributed by atoms with Crippen LogP contribution in [0.15, 0.2) is 47.4 Å². The van der Waals surface area contributed by atoms with Crippen LogP contribution in [0.1, 0.15) is 29.4 Å². The number of nitrogens with zero attached hydrogens (tertiary/aromatic N) is 1. The smallest absolute Gasteiger partial charge is 0.348 e. The van der Waals surface area contributed by atoms with E-state index in [-0.39, 0.29) is 28.1 Å². The van der Waals surface area contributed by atoms with E-state index in [0.717, 1.165) is 10.1 Å². The van der Waals surface area contributed by atoms with E-state index in [2.05, 4.69) is 5.32 Å². The molecule has 1 fully saturated rings. The minimum atomic E-state index is -3.91. The Morgan fingerprint density at radius 2 is 2.00 bits per heavy atom. The second-order valence-electron chi connectivity index (χ2n) is 8.07. The molecule has 0 saturated carbocycles. The Hall–Kier alpha value is -2.66. The van der Waals surface area contributed by atoms with Crippen molar-refractivity contribution in [3.8, 4) is 5.75 Å². The Morgan fingerprint density at radius 1 is 1.20 bits per heavy atom. The summed E-state index contributed by atoms with van der Waals surface area (Å²) in [5, 5.41) is 3.99. The molecule has 0 bridgehead atoms. The number of rotatable bonds is 7. The van der Waals surface area contributed by atoms with Gasteiger partial charge in [-0.2, -0.15) is 4.31 Å². The number of benzene rings is 2. The number of esters is 1. The molecule has 4 rings (SSSR count). The summed E-state index contributed by atoms with van der Waals surface area (Å²) in [6.07, 6.45) is 1.12. The highest BCUT2D eigenvalue weighted by molar-refractivity contribution is 7.89. The average molecular weight is 537 g/mol. The Bertz CT molecular complexity index is 1370. The predicted octanol–water partition coefficient (Wildman–Crippen LogP) is 4.78. The number of thiophene rings is 1. The van der Waals surface area contributed by atoms with Crippen molar-refractivity contribution in [2.45, 2.75) is 24.7 Å². The van der Waals surface area contributed by atoms with Crippen LogP contribution in [0, 0.1) is 5.92 Å². The largest absolute Gasteiger partial charge is 0.492 e. The van der Waals surface area contributed by atoms with Gasteiger partial charge in [0, 0.05) is 28.5 Å². The first-order chi connectivity index (χ1) is 16.7. The van der Waals surface area contributed by atoms with Gasteiger partial charge in [-0.15, -0.1) is 11.3 Å². The molecule has 2 aromatic carbocycles. The van der Waals surface area contributed by atoms with Gasteiger partial charge in [-0.1, -0.05) is 11.6 Å². The summed E-state index contributed by atoms with van der Waals surface area (Å²) >= 11 is 7.38. The molecule has 11 heteroatoms. The number of amides is 1. The molecule has 1 N–H and O–H groups in total. The van der Waals surface area contributed by atoms with Crippen molar-refractivity contribution in [1.29, 1.82) is 0 Å². The molecule has 35 heavy (non-hydrogen) atoms. The third-order valence-corrected chi connectivity index (χ3v) is 8.97. The first kappa shape index (κ1) is 25.4. The van der Waals surface area contributed by atoms with Crippen LogP contribution in [0.3, 0.4) is 0 Å². The Balaban J connectivity index is 1.50. The van der Waals surface area contributed by atoms with Crippen molar-refractivity contribution >= 4 is 60.6 Å². The van der Waals surface area contributed by atoms with Gasteiger partial charge < -0.3 is 14.8 Å². The van der Waals surface area contributed by atoms with Gasteiger partial charge in [0.25, 0.3) is 0 Å². The number of halogens is 1.